The first-order valence-electron chi connectivity index (χ1n) is 10.2. The lowest BCUT2D eigenvalue weighted by Crippen LogP contribution is -2.13. The van der Waals surface area contributed by atoms with Crippen molar-refractivity contribution in [3.05, 3.63) is 89.7 Å². The zero-order valence-electron chi connectivity index (χ0n) is 17.8. The zero-order chi connectivity index (χ0) is 24.3. The summed E-state index contributed by atoms with van der Waals surface area (Å²) in [6.07, 6.45) is -4.51. The van der Waals surface area contributed by atoms with E-state index in [9.17, 15) is 22.4 Å². The van der Waals surface area contributed by atoms with Gasteiger partial charge in [-0.15, -0.1) is 5.10 Å². The van der Waals surface area contributed by atoms with Gasteiger partial charge >= 0.3 is 12.2 Å². The maximum Gasteiger partial charge on any atom is 0.416 e. The van der Waals surface area contributed by atoms with Crippen LogP contribution in [-0.2, 0) is 6.18 Å². The lowest BCUT2D eigenvalue weighted by Gasteiger charge is -2.10. The molecule has 0 saturated heterocycles. The number of carbonyl (C=O) groups is 1. The number of anilines is 1. The molecule has 0 unspecified atom stereocenters. The number of rotatable bonds is 6. The van der Waals surface area contributed by atoms with Crippen LogP contribution in [0.25, 0.3) is 17.1 Å². The van der Waals surface area contributed by atoms with Crippen molar-refractivity contribution >= 4 is 11.6 Å². The third kappa shape index (κ3) is 4.90. The lowest BCUT2D eigenvalue weighted by atomic mass is 10.1. The van der Waals surface area contributed by atoms with Gasteiger partial charge in [-0.25, -0.2) is 9.07 Å². The van der Waals surface area contributed by atoms with Crippen molar-refractivity contribution in [2.24, 2.45) is 0 Å². The van der Waals surface area contributed by atoms with E-state index < -0.39 is 23.5 Å². The minimum atomic E-state index is -4.51. The van der Waals surface area contributed by atoms with Crippen LogP contribution in [0.5, 0.6) is 6.01 Å². The summed E-state index contributed by atoms with van der Waals surface area (Å²) in [4.78, 5) is 16.6. The standard InChI is InChI=1S/C24H18F4N4O2/c1-2-34-23-30-21(15-6-5-7-16(14-15)24(26,27)28)32(31-23)18-12-10-17(11-13-18)29-22(33)19-8-3-4-9-20(19)25/h3-14H,2H2,1H3,(H,29,33). The van der Waals surface area contributed by atoms with E-state index in [2.05, 4.69) is 15.4 Å². The molecular weight excluding hydrogens is 452 g/mol. The second-order valence-electron chi connectivity index (χ2n) is 7.12. The monoisotopic (exact) mass is 470 g/mol. The molecule has 174 valence electrons. The van der Waals surface area contributed by atoms with Gasteiger partial charge in [0.2, 0.25) is 0 Å². The highest BCUT2D eigenvalue weighted by Gasteiger charge is 2.31. The Bertz CT molecular complexity index is 1320. The summed E-state index contributed by atoms with van der Waals surface area (Å²) in [5, 5.41) is 6.85. The number of alkyl halides is 3. The normalized spacial score (nSPS) is 11.3. The molecule has 0 spiro atoms. The number of halogens is 4. The maximum absolute atomic E-state index is 13.8. The largest absolute Gasteiger partial charge is 0.463 e. The van der Waals surface area contributed by atoms with Crippen LogP contribution in [0.1, 0.15) is 22.8 Å². The number of hydrogen-bond acceptors (Lipinski definition) is 4. The molecule has 4 aromatic rings. The molecule has 4 rings (SSSR count). The molecule has 0 saturated carbocycles. The maximum atomic E-state index is 13.8. The van der Waals surface area contributed by atoms with Gasteiger partial charge in [0.05, 0.1) is 23.4 Å². The molecule has 0 radical (unpaired) electrons. The Morgan fingerprint density at radius 1 is 1.03 bits per heavy atom. The Balaban J connectivity index is 1.65. The predicted octanol–water partition coefficient (Wildman–Crippen LogP) is 5.74. The molecule has 10 heteroatoms. The van der Waals surface area contributed by atoms with Crippen molar-refractivity contribution < 1.29 is 27.1 Å². The first-order chi connectivity index (χ1) is 16.3. The Morgan fingerprint density at radius 2 is 1.76 bits per heavy atom. The van der Waals surface area contributed by atoms with Crippen LogP contribution < -0.4 is 10.1 Å². The van der Waals surface area contributed by atoms with Gasteiger partial charge in [0.25, 0.3) is 5.91 Å². The van der Waals surface area contributed by atoms with Crippen molar-refractivity contribution in [2.45, 2.75) is 13.1 Å². The van der Waals surface area contributed by atoms with Gasteiger partial charge in [0.1, 0.15) is 5.82 Å². The van der Waals surface area contributed by atoms with E-state index in [1.165, 1.54) is 35.0 Å². The summed E-state index contributed by atoms with van der Waals surface area (Å²) < 4.78 is 60.1. The van der Waals surface area contributed by atoms with Crippen LogP contribution in [0.4, 0.5) is 23.2 Å². The van der Waals surface area contributed by atoms with Gasteiger partial charge < -0.3 is 10.1 Å². The summed E-state index contributed by atoms with van der Waals surface area (Å²) >= 11 is 0. The van der Waals surface area contributed by atoms with Crippen molar-refractivity contribution in [3.8, 4) is 23.1 Å². The highest BCUT2D eigenvalue weighted by molar-refractivity contribution is 6.04. The fourth-order valence-electron chi connectivity index (χ4n) is 3.21. The summed E-state index contributed by atoms with van der Waals surface area (Å²) in [7, 11) is 0. The van der Waals surface area contributed by atoms with E-state index >= 15 is 0 Å². The molecule has 0 fully saturated rings. The number of aromatic nitrogens is 3. The van der Waals surface area contributed by atoms with E-state index in [0.717, 1.165) is 12.1 Å². The van der Waals surface area contributed by atoms with Gasteiger partial charge in [0.15, 0.2) is 5.82 Å². The molecule has 1 amide bonds. The summed E-state index contributed by atoms with van der Waals surface area (Å²) in [6, 6.07) is 16.7. The van der Waals surface area contributed by atoms with E-state index in [4.69, 9.17) is 4.74 Å². The summed E-state index contributed by atoms with van der Waals surface area (Å²) in [6.45, 7) is 2.00. The minimum Gasteiger partial charge on any atom is -0.463 e. The quantitative estimate of drug-likeness (QED) is 0.365. The number of amides is 1. The number of nitrogens with zero attached hydrogens (tertiary/aromatic N) is 3. The van der Waals surface area contributed by atoms with E-state index in [1.54, 1.807) is 37.3 Å². The van der Waals surface area contributed by atoms with Crippen LogP contribution in [0.15, 0.2) is 72.8 Å². The zero-order valence-corrected chi connectivity index (χ0v) is 17.8. The van der Waals surface area contributed by atoms with Crippen LogP contribution in [0.3, 0.4) is 0 Å². The van der Waals surface area contributed by atoms with Crippen LogP contribution >= 0.6 is 0 Å². The molecule has 1 heterocycles. The average Bonchev–Trinajstić information content (AvgIpc) is 3.23. The topological polar surface area (TPSA) is 69.0 Å². The number of benzene rings is 3. The number of ether oxygens (including phenoxy) is 1. The minimum absolute atomic E-state index is 0.00634. The molecule has 3 aromatic carbocycles. The summed E-state index contributed by atoms with van der Waals surface area (Å²) in [5.41, 5.74) is 0.141. The van der Waals surface area contributed by atoms with E-state index in [-0.39, 0.29) is 29.6 Å². The number of nitrogens with one attached hydrogen (secondary N) is 1. The van der Waals surface area contributed by atoms with Crippen molar-refractivity contribution in [1.82, 2.24) is 14.8 Å². The van der Waals surface area contributed by atoms with Crippen molar-refractivity contribution in [2.75, 3.05) is 11.9 Å². The predicted molar refractivity (Wildman–Crippen MR) is 117 cm³/mol. The van der Waals surface area contributed by atoms with E-state index in [0.29, 0.717) is 11.4 Å². The van der Waals surface area contributed by atoms with Crippen LogP contribution in [0, 0.1) is 5.82 Å². The summed E-state index contributed by atoms with van der Waals surface area (Å²) in [5.74, 6) is -1.11. The van der Waals surface area contributed by atoms with Crippen LogP contribution in [-0.4, -0.2) is 27.3 Å². The molecule has 0 aliphatic heterocycles. The van der Waals surface area contributed by atoms with Gasteiger partial charge in [0, 0.05) is 11.3 Å². The fourth-order valence-corrected chi connectivity index (χ4v) is 3.21. The Kier molecular flexibility index (Phi) is 6.31. The highest BCUT2D eigenvalue weighted by atomic mass is 19.4. The number of carbonyl (C=O) groups excluding carboxylic acids is 1. The molecule has 0 aliphatic rings. The molecule has 0 atom stereocenters. The second-order valence-corrected chi connectivity index (χ2v) is 7.12. The smallest absolute Gasteiger partial charge is 0.416 e. The highest BCUT2D eigenvalue weighted by Crippen LogP contribution is 2.33. The molecular formula is C24H18F4N4O2. The Hall–Kier alpha value is -4.21. The molecule has 6 nitrogen and oxygen atoms in total. The molecule has 1 aromatic heterocycles. The van der Waals surface area contributed by atoms with Crippen LogP contribution in [0.2, 0.25) is 0 Å². The molecule has 34 heavy (non-hydrogen) atoms. The average molecular weight is 470 g/mol. The fraction of sp³-hybridized carbons (Fsp3) is 0.125. The lowest BCUT2D eigenvalue weighted by molar-refractivity contribution is -0.137. The van der Waals surface area contributed by atoms with Gasteiger partial charge in [-0.2, -0.15) is 18.2 Å². The van der Waals surface area contributed by atoms with Gasteiger partial charge in [-0.05, 0) is 55.5 Å². The van der Waals surface area contributed by atoms with Crippen molar-refractivity contribution in [1.29, 1.82) is 0 Å². The van der Waals surface area contributed by atoms with Gasteiger partial charge in [-0.1, -0.05) is 24.3 Å². The van der Waals surface area contributed by atoms with Crippen molar-refractivity contribution in [3.63, 3.8) is 0 Å². The second kappa shape index (κ2) is 9.34. The third-order valence-corrected chi connectivity index (χ3v) is 4.80. The Morgan fingerprint density at radius 3 is 2.44 bits per heavy atom. The third-order valence-electron chi connectivity index (χ3n) is 4.80. The molecule has 1 N–H and O–H groups in total. The molecule has 0 aliphatic carbocycles. The first-order valence-corrected chi connectivity index (χ1v) is 10.2. The molecule has 0 bridgehead atoms. The van der Waals surface area contributed by atoms with E-state index in [1.807, 2.05) is 0 Å². The SMILES string of the molecule is CCOc1nc(-c2cccc(C(F)(F)F)c2)n(-c2ccc(NC(=O)c3ccccc3F)cc2)n1. The first kappa shape index (κ1) is 23.0. The number of hydrogen-bond donors (Lipinski definition) is 1. The van der Waals surface area contributed by atoms with Gasteiger partial charge in [-0.3, -0.25) is 4.79 Å². The Labute approximate surface area is 191 Å².